The standard InChI is InChI=1S/C23H25N3O4S/c1-5-6-17-12-21(28)25-23(24-17)31-13-20(27)19-11-14(2)26(15(19)3)18-9-7-16(8-10-18)22(29)30-4/h7-12H,5-6,13H2,1-4H3,(H,24,25,28). The van der Waals surface area contributed by atoms with Gasteiger partial charge < -0.3 is 14.3 Å². The van der Waals surface area contributed by atoms with Gasteiger partial charge in [-0.2, -0.15) is 0 Å². The highest BCUT2D eigenvalue weighted by atomic mass is 32.2. The van der Waals surface area contributed by atoms with Crippen LogP contribution in [0.1, 0.15) is 51.1 Å². The number of hydrogen-bond donors (Lipinski definition) is 1. The number of esters is 1. The summed E-state index contributed by atoms with van der Waals surface area (Å²) >= 11 is 1.23. The van der Waals surface area contributed by atoms with Crippen molar-refractivity contribution < 1.29 is 14.3 Å². The predicted octanol–water partition coefficient (Wildman–Crippen LogP) is 3.89. The number of aryl methyl sites for hydroxylation is 2. The molecule has 0 bridgehead atoms. The van der Waals surface area contributed by atoms with Gasteiger partial charge in [-0.05, 0) is 50.6 Å². The summed E-state index contributed by atoms with van der Waals surface area (Å²) in [5, 5.41) is 0.455. The van der Waals surface area contributed by atoms with Crippen LogP contribution in [0.15, 0.2) is 46.3 Å². The summed E-state index contributed by atoms with van der Waals surface area (Å²) in [5.74, 6) is -0.265. The molecule has 7 nitrogen and oxygen atoms in total. The molecule has 0 saturated carbocycles. The molecule has 0 spiro atoms. The number of methoxy groups -OCH3 is 1. The maximum atomic E-state index is 12.9. The minimum absolute atomic E-state index is 0.0425. The molecule has 0 amide bonds. The third-order valence-electron chi connectivity index (χ3n) is 4.90. The number of carbonyl (C=O) groups excluding carboxylic acids is 2. The number of thioether (sulfide) groups is 1. The van der Waals surface area contributed by atoms with Gasteiger partial charge in [0.15, 0.2) is 10.9 Å². The summed E-state index contributed by atoms with van der Waals surface area (Å²) < 4.78 is 6.71. The lowest BCUT2D eigenvalue weighted by molar-refractivity contribution is 0.0600. The molecule has 0 fully saturated rings. The number of ether oxygens (including phenoxy) is 1. The topological polar surface area (TPSA) is 94.1 Å². The van der Waals surface area contributed by atoms with E-state index in [1.807, 2.05) is 43.5 Å². The van der Waals surface area contributed by atoms with E-state index in [0.717, 1.165) is 35.6 Å². The molecule has 1 N–H and O–H groups in total. The number of hydrogen-bond acceptors (Lipinski definition) is 6. The van der Waals surface area contributed by atoms with Crippen molar-refractivity contribution in [1.82, 2.24) is 14.5 Å². The van der Waals surface area contributed by atoms with Crippen LogP contribution in [0.4, 0.5) is 0 Å². The number of carbonyl (C=O) groups is 2. The molecular formula is C23H25N3O4S. The first-order chi connectivity index (χ1) is 14.8. The van der Waals surface area contributed by atoms with Crippen LogP contribution in [-0.2, 0) is 11.2 Å². The van der Waals surface area contributed by atoms with Crippen molar-refractivity contribution in [3.05, 3.63) is 75.0 Å². The zero-order chi connectivity index (χ0) is 22.5. The zero-order valence-electron chi connectivity index (χ0n) is 18.0. The van der Waals surface area contributed by atoms with Crippen molar-refractivity contribution in [2.75, 3.05) is 12.9 Å². The maximum Gasteiger partial charge on any atom is 0.337 e. The average molecular weight is 440 g/mol. The number of ketones is 1. The lowest BCUT2D eigenvalue weighted by Gasteiger charge is -2.10. The van der Waals surface area contributed by atoms with Crippen molar-refractivity contribution >= 4 is 23.5 Å². The largest absolute Gasteiger partial charge is 0.465 e. The van der Waals surface area contributed by atoms with Crippen LogP contribution in [0.2, 0.25) is 0 Å². The Bertz CT molecular complexity index is 1160. The van der Waals surface area contributed by atoms with Crippen molar-refractivity contribution in [3.8, 4) is 5.69 Å². The Kier molecular flexibility index (Phi) is 7.12. The lowest BCUT2D eigenvalue weighted by atomic mass is 10.2. The van der Waals surface area contributed by atoms with Gasteiger partial charge in [-0.25, -0.2) is 9.78 Å². The minimum Gasteiger partial charge on any atom is -0.465 e. The first-order valence-electron chi connectivity index (χ1n) is 9.98. The van der Waals surface area contributed by atoms with E-state index in [2.05, 4.69) is 9.97 Å². The van der Waals surface area contributed by atoms with Crippen molar-refractivity contribution in [2.24, 2.45) is 0 Å². The Morgan fingerprint density at radius 2 is 1.87 bits per heavy atom. The Morgan fingerprint density at radius 1 is 1.16 bits per heavy atom. The second-order valence-corrected chi connectivity index (χ2v) is 8.13. The number of Topliss-reactive ketones (excluding diaryl/α,β-unsaturated/α-hetero) is 1. The highest BCUT2D eigenvalue weighted by Gasteiger charge is 2.18. The summed E-state index contributed by atoms with van der Waals surface area (Å²) in [7, 11) is 1.34. The number of aromatic amines is 1. The van der Waals surface area contributed by atoms with Gasteiger partial charge in [-0.15, -0.1) is 0 Å². The Hall–Kier alpha value is -3.13. The third-order valence-corrected chi connectivity index (χ3v) is 5.77. The van der Waals surface area contributed by atoms with Gasteiger partial charge in [0.1, 0.15) is 0 Å². The quantitative estimate of drug-likeness (QED) is 0.248. The molecule has 0 atom stereocenters. The Balaban J connectivity index is 1.79. The number of nitrogens with zero attached hydrogens (tertiary/aromatic N) is 2. The summed E-state index contributed by atoms with van der Waals surface area (Å²) in [6, 6.07) is 10.4. The Morgan fingerprint density at radius 3 is 2.52 bits per heavy atom. The number of H-pyrrole nitrogens is 1. The van der Waals surface area contributed by atoms with Gasteiger partial charge >= 0.3 is 5.97 Å². The van der Waals surface area contributed by atoms with Gasteiger partial charge in [-0.3, -0.25) is 9.59 Å². The predicted molar refractivity (Wildman–Crippen MR) is 120 cm³/mol. The number of nitrogens with one attached hydrogen (secondary N) is 1. The van der Waals surface area contributed by atoms with E-state index in [1.54, 1.807) is 12.1 Å². The maximum absolute atomic E-state index is 12.9. The fourth-order valence-corrected chi connectivity index (χ4v) is 4.23. The van der Waals surface area contributed by atoms with Crippen LogP contribution in [0.5, 0.6) is 0 Å². The molecule has 3 aromatic rings. The lowest BCUT2D eigenvalue weighted by Crippen LogP contribution is -2.11. The van der Waals surface area contributed by atoms with E-state index in [9.17, 15) is 14.4 Å². The Labute approximate surface area is 184 Å². The van der Waals surface area contributed by atoms with Crippen molar-refractivity contribution in [2.45, 2.75) is 38.8 Å². The fourth-order valence-electron chi connectivity index (χ4n) is 3.45. The smallest absolute Gasteiger partial charge is 0.337 e. The van der Waals surface area contributed by atoms with Crippen LogP contribution in [0.3, 0.4) is 0 Å². The van der Waals surface area contributed by atoms with E-state index in [1.165, 1.54) is 24.9 Å². The molecule has 2 heterocycles. The van der Waals surface area contributed by atoms with E-state index < -0.39 is 5.97 Å². The van der Waals surface area contributed by atoms with Gasteiger partial charge in [0.05, 0.1) is 18.4 Å². The van der Waals surface area contributed by atoms with Gasteiger partial charge in [0.25, 0.3) is 5.56 Å². The van der Waals surface area contributed by atoms with Crippen LogP contribution in [0, 0.1) is 13.8 Å². The molecule has 0 saturated heterocycles. The van der Waals surface area contributed by atoms with Gasteiger partial charge in [0.2, 0.25) is 0 Å². The van der Waals surface area contributed by atoms with Crippen LogP contribution >= 0.6 is 11.8 Å². The second-order valence-electron chi connectivity index (χ2n) is 7.16. The van der Waals surface area contributed by atoms with Crippen molar-refractivity contribution in [3.63, 3.8) is 0 Å². The molecule has 8 heteroatoms. The van der Waals surface area contributed by atoms with Gasteiger partial charge in [0, 0.05) is 34.4 Å². The molecule has 1 aromatic carbocycles. The van der Waals surface area contributed by atoms with Crippen LogP contribution in [0.25, 0.3) is 5.69 Å². The SMILES string of the molecule is CCCc1cc(=O)[nH]c(SCC(=O)c2cc(C)n(-c3ccc(C(=O)OC)cc3)c2C)n1. The molecule has 0 aliphatic carbocycles. The second kappa shape index (κ2) is 9.78. The average Bonchev–Trinajstić information content (AvgIpc) is 3.05. The number of benzene rings is 1. The van der Waals surface area contributed by atoms with Gasteiger partial charge in [-0.1, -0.05) is 25.1 Å². The number of aromatic nitrogens is 3. The van der Waals surface area contributed by atoms with Crippen molar-refractivity contribution in [1.29, 1.82) is 0 Å². The minimum atomic E-state index is -0.393. The number of rotatable bonds is 8. The van der Waals surface area contributed by atoms with E-state index >= 15 is 0 Å². The first-order valence-corrected chi connectivity index (χ1v) is 11.0. The highest BCUT2D eigenvalue weighted by Crippen LogP contribution is 2.24. The molecule has 162 valence electrons. The first kappa shape index (κ1) is 22.6. The normalized spacial score (nSPS) is 10.8. The third kappa shape index (κ3) is 5.14. The summed E-state index contributed by atoms with van der Waals surface area (Å²) in [6.07, 6.45) is 1.62. The molecule has 31 heavy (non-hydrogen) atoms. The molecule has 0 aliphatic rings. The molecule has 0 aliphatic heterocycles. The van der Waals surface area contributed by atoms with E-state index in [4.69, 9.17) is 4.74 Å². The molecule has 2 aromatic heterocycles. The summed E-state index contributed by atoms with van der Waals surface area (Å²) in [5.41, 5.74) is 4.19. The van der Waals surface area contributed by atoms with Crippen LogP contribution < -0.4 is 5.56 Å². The molecular weight excluding hydrogens is 414 g/mol. The highest BCUT2D eigenvalue weighted by molar-refractivity contribution is 7.99. The molecule has 0 radical (unpaired) electrons. The summed E-state index contributed by atoms with van der Waals surface area (Å²) in [6.45, 7) is 5.84. The molecule has 3 rings (SSSR count). The van der Waals surface area contributed by atoms with Crippen LogP contribution in [-0.4, -0.2) is 39.2 Å². The fraction of sp³-hybridized carbons (Fsp3) is 0.304. The van der Waals surface area contributed by atoms with E-state index in [-0.39, 0.29) is 17.1 Å². The van der Waals surface area contributed by atoms with E-state index in [0.29, 0.717) is 16.3 Å². The summed E-state index contributed by atoms with van der Waals surface area (Å²) in [4.78, 5) is 43.5. The monoisotopic (exact) mass is 439 g/mol. The zero-order valence-corrected chi connectivity index (χ0v) is 18.8. The molecule has 0 unspecified atom stereocenters.